The summed E-state index contributed by atoms with van der Waals surface area (Å²) in [6, 6.07) is 10.9. The zero-order valence-corrected chi connectivity index (χ0v) is 17.8. The number of ether oxygens (including phenoxy) is 3. The maximum absolute atomic E-state index is 11.9. The van der Waals surface area contributed by atoms with Crippen LogP contribution in [0.25, 0.3) is 21.8 Å². The molecule has 30 heavy (non-hydrogen) atoms. The number of esters is 1. The molecule has 156 valence electrons. The monoisotopic (exact) mass is 427 g/mol. The number of nitrogens with one attached hydrogen (secondary N) is 1. The smallest absolute Gasteiger partial charge is 0.407 e. The third-order valence-electron chi connectivity index (χ3n) is 4.29. The first-order valence-electron chi connectivity index (χ1n) is 8.99. The Morgan fingerprint density at radius 1 is 1.03 bits per heavy atom. The van der Waals surface area contributed by atoms with Crippen molar-refractivity contribution in [2.24, 2.45) is 0 Å². The van der Waals surface area contributed by atoms with Crippen molar-refractivity contribution in [3.8, 4) is 27.6 Å². The Kier molecular flexibility index (Phi) is 6.63. The van der Waals surface area contributed by atoms with Crippen molar-refractivity contribution in [1.29, 1.82) is 0 Å². The van der Waals surface area contributed by atoms with Gasteiger partial charge < -0.3 is 19.5 Å². The Morgan fingerprint density at radius 2 is 1.80 bits per heavy atom. The second-order valence-electron chi connectivity index (χ2n) is 6.18. The van der Waals surface area contributed by atoms with Gasteiger partial charge in [0.1, 0.15) is 16.3 Å². The Morgan fingerprint density at radius 3 is 2.50 bits per heavy atom. The van der Waals surface area contributed by atoms with E-state index in [-0.39, 0.29) is 6.54 Å². The van der Waals surface area contributed by atoms with E-state index in [1.165, 1.54) is 32.7 Å². The number of aromatic nitrogens is 2. The van der Waals surface area contributed by atoms with Gasteiger partial charge in [0.15, 0.2) is 0 Å². The lowest BCUT2D eigenvalue weighted by Gasteiger charge is -2.10. The van der Waals surface area contributed by atoms with Crippen LogP contribution in [0.15, 0.2) is 36.4 Å². The normalized spacial score (nSPS) is 10.4. The number of carbonyl (C=O) groups excluding carboxylic acids is 2. The Bertz CT molecular complexity index is 1080. The summed E-state index contributed by atoms with van der Waals surface area (Å²) in [5, 5.41) is 3.38. The van der Waals surface area contributed by atoms with Crippen LogP contribution < -0.4 is 10.1 Å². The van der Waals surface area contributed by atoms with Crippen LogP contribution in [0.2, 0.25) is 0 Å². The van der Waals surface area contributed by atoms with Crippen molar-refractivity contribution in [3.63, 3.8) is 0 Å². The maximum Gasteiger partial charge on any atom is 0.407 e. The van der Waals surface area contributed by atoms with E-state index in [9.17, 15) is 9.59 Å². The molecule has 1 aromatic carbocycles. The summed E-state index contributed by atoms with van der Waals surface area (Å²) in [6.45, 7) is 2.18. The van der Waals surface area contributed by atoms with Gasteiger partial charge in [0.05, 0.1) is 49.8 Å². The van der Waals surface area contributed by atoms with E-state index in [2.05, 4.69) is 15.0 Å². The molecule has 0 bridgehead atoms. The van der Waals surface area contributed by atoms with Crippen molar-refractivity contribution in [2.75, 3.05) is 21.3 Å². The molecule has 9 heteroatoms. The van der Waals surface area contributed by atoms with Gasteiger partial charge in [0, 0.05) is 5.56 Å². The van der Waals surface area contributed by atoms with Gasteiger partial charge in [-0.2, -0.15) is 0 Å². The third kappa shape index (κ3) is 4.57. The summed E-state index contributed by atoms with van der Waals surface area (Å²) in [4.78, 5) is 33.3. The fraction of sp³-hybridized carbons (Fsp3) is 0.238. The molecule has 3 rings (SSSR count). The number of alkyl carbamates (subject to hydrolysis) is 1. The Balaban J connectivity index is 1.91. The number of benzene rings is 1. The van der Waals surface area contributed by atoms with E-state index in [4.69, 9.17) is 14.5 Å². The molecule has 0 aliphatic carbocycles. The number of thiazole rings is 1. The van der Waals surface area contributed by atoms with E-state index in [0.717, 1.165) is 32.5 Å². The highest BCUT2D eigenvalue weighted by Crippen LogP contribution is 2.32. The quantitative estimate of drug-likeness (QED) is 0.597. The van der Waals surface area contributed by atoms with Crippen LogP contribution in [0, 0.1) is 6.92 Å². The zero-order valence-electron chi connectivity index (χ0n) is 17.0. The fourth-order valence-electron chi connectivity index (χ4n) is 2.84. The van der Waals surface area contributed by atoms with Gasteiger partial charge in [0.2, 0.25) is 0 Å². The van der Waals surface area contributed by atoms with Crippen LogP contribution in [0.3, 0.4) is 0 Å². The number of methoxy groups -OCH3 is 3. The van der Waals surface area contributed by atoms with Gasteiger partial charge in [-0.15, -0.1) is 11.3 Å². The summed E-state index contributed by atoms with van der Waals surface area (Å²) in [6.07, 6.45) is -0.506. The Hall–Kier alpha value is -3.46. The molecule has 0 atom stereocenters. The molecule has 0 saturated carbocycles. The lowest BCUT2D eigenvalue weighted by Crippen LogP contribution is -2.22. The van der Waals surface area contributed by atoms with E-state index in [0.29, 0.717) is 11.3 Å². The average Bonchev–Trinajstić information content (AvgIpc) is 3.16. The third-order valence-corrected chi connectivity index (χ3v) is 5.47. The van der Waals surface area contributed by atoms with Crippen molar-refractivity contribution in [3.05, 3.63) is 52.7 Å². The summed E-state index contributed by atoms with van der Waals surface area (Å²) in [5.74, 6) is -0.0508. The standard InChI is InChI=1S/C21H21N3O5S/c1-12-19(30-18(23-12)11-22-21(26)29-4)16-7-5-6-15(24-16)13-8-9-14(20(25)28-3)17(10-13)27-2/h5-10H,11H2,1-4H3,(H,22,26). The number of nitrogens with zero attached hydrogens (tertiary/aromatic N) is 2. The molecular weight excluding hydrogens is 406 g/mol. The molecule has 1 amide bonds. The number of pyridine rings is 1. The van der Waals surface area contributed by atoms with Gasteiger partial charge >= 0.3 is 12.1 Å². The number of hydrogen-bond donors (Lipinski definition) is 1. The van der Waals surface area contributed by atoms with Crippen molar-refractivity contribution >= 4 is 23.4 Å². The van der Waals surface area contributed by atoms with Crippen molar-refractivity contribution in [2.45, 2.75) is 13.5 Å². The van der Waals surface area contributed by atoms with Gasteiger partial charge in [-0.3, -0.25) is 0 Å². The molecular formula is C21H21N3O5S. The molecule has 8 nitrogen and oxygen atoms in total. The van der Waals surface area contributed by atoms with E-state index in [1.54, 1.807) is 18.2 Å². The van der Waals surface area contributed by atoms with Crippen LogP contribution in [-0.2, 0) is 16.0 Å². The second-order valence-corrected chi connectivity index (χ2v) is 7.27. The molecule has 2 heterocycles. The summed E-state index contributed by atoms with van der Waals surface area (Å²) >= 11 is 1.46. The van der Waals surface area contributed by atoms with Crippen molar-refractivity contribution in [1.82, 2.24) is 15.3 Å². The van der Waals surface area contributed by atoms with Gasteiger partial charge in [-0.25, -0.2) is 19.6 Å². The van der Waals surface area contributed by atoms with Gasteiger partial charge in [0.25, 0.3) is 0 Å². The molecule has 0 unspecified atom stereocenters. The highest BCUT2D eigenvalue weighted by molar-refractivity contribution is 7.15. The Labute approximate surface area is 177 Å². The summed E-state index contributed by atoms with van der Waals surface area (Å²) in [7, 11) is 4.14. The molecule has 0 aliphatic rings. The number of aryl methyl sites for hydroxylation is 1. The first-order valence-corrected chi connectivity index (χ1v) is 9.80. The van der Waals surface area contributed by atoms with Crippen LogP contribution in [0.5, 0.6) is 5.75 Å². The van der Waals surface area contributed by atoms with E-state index < -0.39 is 12.1 Å². The SMILES string of the molecule is COC(=O)NCc1nc(C)c(-c2cccc(-c3ccc(C(=O)OC)c(OC)c3)n2)s1. The largest absolute Gasteiger partial charge is 0.496 e. The number of rotatable bonds is 6. The minimum Gasteiger partial charge on any atom is -0.496 e. The van der Waals surface area contributed by atoms with Crippen LogP contribution >= 0.6 is 11.3 Å². The predicted molar refractivity (Wildman–Crippen MR) is 113 cm³/mol. The fourth-order valence-corrected chi connectivity index (χ4v) is 3.81. The molecule has 0 aliphatic heterocycles. The lowest BCUT2D eigenvalue weighted by molar-refractivity contribution is 0.0597. The minimum atomic E-state index is -0.506. The van der Waals surface area contributed by atoms with E-state index in [1.807, 2.05) is 25.1 Å². The molecule has 0 radical (unpaired) electrons. The summed E-state index contributed by atoms with van der Waals surface area (Å²) in [5.41, 5.74) is 3.47. The topological polar surface area (TPSA) is 99.6 Å². The molecule has 3 aromatic rings. The van der Waals surface area contributed by atoms with Crippen molar-refractivity contribution < 1.29 is 23.8 Å². The number of amides is 1. The minimum absolute atomic E-state index is 0.282. The van der Waals surface area contributed by atoms with Gasteiger partial charge in [-0.1, -0.05) is 12.1 Å². The molecule has 1 N–H and O–H groups in total. The predicted octanol–water partition coefficient (Wildman–Crippen LogP) is 3.83. The van der Waals surface area contributed by atoms with Crippen LogP contribution in [-0.4, -0.2) is 43.4 Å². The molecule has 0 saturated heterocycles. The van der Waals surface area contributed by atoms with E-state index >= 15 is 0 Å². The zero-order chi connectivity index (χ0) is 21.7. The second kappa shape index (κ2) is 9.36. The van der Waals surface area contributed by atoms with Gasteiger partial charge in [-0.05, 0) is 31.2 Å². The van der Waals surface area contributed by atoms with Crippen LogP contribution in [0.1, 0.15) is 21.1 Å². The molecule has 0 spiro atoms. The van der Waals surface area contributed by atoms with Crippen LogP contribution in [0.4, 0.5) is 4.79 Å². The number of carbonyl (C=O) groups is 2. The maximum atomic E-state index is 11.9. The first-order chi connectivity index (χ1) is 14.5. The highest BCUT2D eigenvalue weighted by atomic mass is 32.1. The highest BCUT2D eigenvalue weighted by Gasteiger charge is 2.16. The first kappa shape index (κ1) is 21.3. The number of hydrogen-bond acceptors (Lipinski definition) is 8. The average molecular weight is 427 g/mol. The molecule has 0 fully saturated rings. The molecule has 2 aromatic heterocycles. The summed E-state index contributed by atoms with van der Waals surface area (Å²) < 4.78 is 14.7. The lowest BCUT2D eigenvalue weighted by atomic mass is 10.1.